The summed E-state index contributed by atoms with van der Waals surface area (Å²) in [6.07, 6.45) is -24.4. The Morgan fingerprint density at radius 2 is 1.03 bits per heavy atom. The zero-order valence-electron chi connectivity index (χ0n) is 39.8. The molecule has 3 saturated heterocycles. The molecule has 15 atom stereocenters. The van der Waals surface area contributed by atoms with Crippen molar-refractivity contribution >= 4 is 24.1 Å². The first-order valence-electron chi connectivity index (χ1n) is 23.3. The van der Waals surface area contributed by atoms with Gasteiger partial charge in [-0.2, -0.15) is 0 Å². The van der Waals surface area contributed by atoms with Crippen molar-refractivity contribution in [3.8, 4) is 62.9 Å². The van der Waals surface area contributed by atoms with Crippen molar-refractivity contribution < 1.29 is 123 Å². The molecule has 26 nitrogen and oxygen atoms in total. The van der Waals surface area contributed by atoms with E-state index in [0.29, 0.717) is 0 Å². The standard InChI is InChI=1S/C51H52O26/c52-18-34-39(61)42(64)45(67)49(74-34)72-32-16-25(54)15-31-26(32)17-33(47(71-31)23-5-7-24(53)8-6-23)73-51-48(44(66)41(63)36(76-51)20-70-38(60)12-4-22-2-10-28(56)30(58)14-22)77-50-46(68)43(65)40(62)35(75-50)19-69-37(59)11-3-21-1-9-27(55)29(57)13-21/h1-17,34-36,39-46,48-53,55-58,61-68H,18-20H2/t34-,35-,36-,39-,40-,41-,42+,43+,44+,45-,46-,48-,49-,50+,51-/m1/s1. The predicted octanol–water partition coefficient (Wildman–Crippen LogP) is -1.35. The van der Waals surface area contributed by atoms with Gasteiger partial charge in [0.1, 0.15) is 97.6 Å². The molecule has 4 aliphatic heterocycles. The number of phenolic OH excluding ortho intramolecular Hbond substituents is 5. The molecule has 0 radical (unpaired) electrons. The first kappa shape index (κ1) is 55.8. The molecule has 26 heteroatoms. The van der Waals surface area contributed by atoms with Gasteiger partial charge < -0.3 is 114 Å². The van der Waals surface area contributed by atoms with Crippen LogP contribution in [0.25, 0.3) is 34.8 Å². The van der Waals surface area contributed by atoms with Crippen molar-refractivity contribution in [1.29, 1.82) is 0 Å². The number of carbonyl (C=O) groups excluding carboxylic acids is 2. The molecule has 1 aliphatic carbocycles. The van der Waals surface area contributed by atoms with Crippen LogP contribution in [-0.2, 0) is 38.0 Å². The third-order valence-corrected chi connectivity index (χ3v) is 12.5. The maximum Gasteiger partial charge on any atom is 0.330 e. The van der Waals surface area contributed by atoms with E-state index in [2.05, 4.69) is 0 Å². The first-order valence-corrected chi connectivity index (χ1v) is 23.3. The largest absolute Gasteiger partial charge is 0.508 e. The van der Waals surface area contributed by atoms with E-state index in [1.54, 1.807) is 0 Å². The van der Waals surface area contributed by atoms with Gasteiger partial charge in [-0.05, 0) is 77.9 Å². The Morgan fingerprint density at radius 3 is 1.58 bits per heavy atom. The zero-order chi connectivity index (χ0) is 55.4. The lowest BCUT2D eigenvalue weighted by atomic mass is 9.97. The molecule has 77 heavy (non-hydrogen) atoms. The molecule has 5 aliphatic rings. The molecule has 0 aromatic heterocycles. The van der Waals surface area contributed by atoms with Crippen LogP contribution in [0.4, 0.5) is 0 Å². The molecule has 0 amide bonds. The number of fused-ring (bicyclic) bond motifs is 1. The highest BCUT2D eigenvalue weighted by Gasteiger charge is 2.52. The first-order chi connectivity index (χ1) is 36.7. The average Bonchev–Trinajstić information content (AvgIpc) is 3.42. The SMILES string of the molecule is O=C(C=Cc1ccc(O)c(O)c1)OC[C@H]1O[C@@H](O[C@H]2[C@H](Oc3cc4c(O[C@@H]5O[C@H](CO)[C@@H](O)[C@H](O)[C@H]5O)cc(=O)cc-4oc3-c3ccc(O)cc3)O[C@H](COC(=O)C=Cc3ccc(O)c(O)c3)[C@@H](O)[C@@H]2O)[C@H](O)[C@@H](O)[C@@H]1O. The summed E-state index contributed by atoms with van der Waals surface area (Å²) in [5.74, 6) is -5.23. The number of aliphatic hydroxyl groups excluding tert-OH is 9. The summed E-state index contributed by atoms with van der Waals surface area (Å²) < 4.78 is 52.4. The molecular weight excluding hydrogens is 1030 g/mol. The van der Waals surface area contributed by atoms with E-state index in [1.807, 2.05) is 0 Å². The van der Waals surface area contributed by atoms with Crippen LogP contribution in [0.15, 0.2) is 100 Å². The number of esters is 2. The van der Waals surface area contributed by atoms with Gasteiger partial charge in [0.25, 0.3) is 0 Å². The summed E-state index contributed by atoms with van der Waals surface area (Å²) in [4.78, 5) is 38.8. The number of aromatic hydroxyl groups is 5. The average molecular weight is 1080 g/mol. The minimum Gasteiger partial charge on any atom is -0.508 e. The minimum absolute atomic E-state index is 0.122. The van der Waals surface area contributed by atoms with Gasteiger partial charge in [0, 0.05) is 29.8 Å². The van der Waals surface area contributed by atoms with Gasteiger partial charge in [-0.25, -0.2) is 9.59 Å². The van der Waals surface area contributed by atoms with Crippen molar-refractivity contribution in [1.82, 2.24) is 0 Å². The fraction of sp³-hybridized carbons (Fsp3) is 0.353. The third kappa shape index (κ3) is 12.7. The molecule has 0 saturated carbocycles. The number of rotatable bonds is 16. The second-order valence-corrected chi connectivity index (χ2v) is 17.8. The van der Waals surface area contributed by atoms with E-state index in [9.17, 15) is 85.9 Å². The van der Waals surface area contributed by atoms with Crippen LogP contribution in [-0.4, -0.2) is 195 Å². The molecule has 3 fully saturated rings. The second-order valence-electron chi connectivity index (χ2n) is 17.8. The van der Waals surface area contributed by atoms with Gasteiger partial charge in [-0.1, -0.05) is 12.1 Å². The normalized spacial score (nSPS) is 29.6. The molecule has 3 aromatic carbocycles. The van der Waals surface area contributed by atoms with Crippen LogP contribution in [0.1, 0.15) is 11.1 Å². The van der Waals surface area contributed by atoms with E-state index < -0.39 is 152 Å². The highest BCUT2D eigenvalue weighted by atomic mass is 16.8. The minimum atomic E-state index is -2.16. The number of hydrogen-bond acceptors (Lipinski definition) is 26. The quantitative estimate of drug-likeness (QED) is 0.0309. The van der Waals surface area contributed by atoms with E-state index in [1.165, 1.54) is 66.7 Å². The molecule has 8 rings (SSSR count). The molecule has 0 unspecified atom stereocenters. The van der Waals surface area contributed by atoms with Crippen LogP contribution < -0.4 is 14.9 Å². The number of carbonyl (C=O) groups is 2. The molecule has 4 heterocycles. The summed E-state index contributed by atoms with van der Waals surface area (Å²) in [6, 6.07) is 15.8. The van der Waals surface area contributed by atoms with Gasteiger partial charge in [0.05, 0.1) is 12.2 Å². The summed E-state index contributed by atoms with van der Waals surface area (Å²) in [5, 5.41) is 147. The highest BCUT2D eigenvalue weighted by Crippen LogP contribution is 2.44. The molecule has 0 spiro atoms. The summed E-state index contributed by atoms with van der Waals surface area (Å²) >= 11 is 0. The van der Waals surface area contributed by atoms with E-state index >= 15 is 0 Å². The lowest BCUT2D eigenvalue weighted by molar-refractivity contribution is -0.358. The van der Waals surface area contributed by atoms with Crippen molar-refractivity contribution in [2.45, 2.75) is 92.1 Å². The lowest BCUT2D eigenvalue weighted by Gasteiger charge is -2.46. The van der Waals surface area contributed by atoms with Crippen molar-refractivity contribution in [2.75, 3.05) is 19.8 Å². The predicted molar refractivity (Wildman–Crippen MR) is 255 cm³/mol. The van der Waals surface area contributed by atoms with E-state index in [4.69, 9.17) is 42.3 Å². The summed E-state index contributed by atoms with van der Waals surface area (Å²) in [7, 11) is 0. The number of phenols is 5. The van der Waals surface area contributed by atoms with Gasteiger partial charge in [0.2, 0.25) is 12.6 Å². The molecule has 412 valence electrons. The Labute approximate surface area is 433 Å². The molecular formula is C51H52O26. The molecule has 3 aromatic rings. The van der Waals surface area contributed by atoms with Gasteiger partial charge >= 0.3 is 11.9 Å². The Bertz CT molecular complexity index is 2960. The summed E-state index contributed by atoms with van der Waals surface area (Å²) in [6.45, 7) is -2.42. The Balaban J connectivity index is 1.12. The van der Waals surface area contributed by atoms with Crippen molar-refractivity contribution in [3.63, 3.8) is 0 Å². The third-order valence-electron chi connectivity index (χ3n) is 12.5. The van der Waals surface area contributed by atoms with Gasteiger partial charge in [-0.15, -0.1) is 0 Å². The highest BCUT2D eigenvalue weighted by molar-refractivity contribution is 5.88. The monoisotopic (exact) mass is 1080 g/mol. The van der Waals surface area contributed by atoms with Crippen molar-refractivity contribution in [2.24, 2.45) is 0 Å². The Morgan fingerprint density at radius 1 is 0.519 bits per heavy atom. The van der Waals surface area contributed by atoms with Crippen LogP contribution in [0.2, 0.25) is 0 Å². The van der Waals surface area contributed by atoms with E-state index in [-0.39, 0.29) is 51.0 Å². The Kier molecular flexibility index (Phi) is 17.3. The smallest absolute Gasteiger partial charge is 0.330 e. The van der Waals surface area contributed by atoms with E-state index in [0.717, 1.165) is 36.4 Å². The van der Waals surface area contributed by atoms with Crippen LogP contribution in [0, 0.1) is 0 Å². The van der Waals surface area contributed by atoms with Crippen LogP contribution in [0.3, 0.4) is 0 Å². The van der Waals surface area contributed by atoms with Crippen LogP contribution in [0.5, 0.6) is 40.2 Å². The number of hydrogen-bond donors (Lipinski definition) is 14. The van der Waals surface area contributed by atoms with Gasteiger partial charge in [0.15, 0.2) is 52.3 Å². The fourth-order valence-corrected chi connectivity index (χ4v) is 8.22. The number of benzene rings is 4. The fourth-order valence-electron chi connectivity index (χ4n) is 8.22. The number of ether oxygens (including phenoxy) is 8. The van der Waals surface area contributed by atoms with Crippen molar-refractivity contribution in [3.05, 3.63) is 112 Å². The number of aliphatic hydroxyl groups is 9. The second kappa shape index (κ2) is 23.9. The summed E-state index contributed by atoms with van der Waals surface area (Å²) in [5.41, 5.74) is -0.149. The topological polar surface area (TPSA) is 421 Å². The maximum atomic E-state index is 13.1. The molecule has 0 bridgehead atoms. The Hall–Kier alpha value is -7.41. The zero-order valence-corrected chi connectivity index (χ0v) is 39.8. The molecule has 14 N–H and O–H groups in total. The van der Waals surface area contributed by atoms with Crippen LogP contribution >= 0.6 is 0 Å². The maximum absolute atomic E-state index is 13.1. The lowest BCUT2D eigenvalue weighted by Crippen LogP contribution is -2.65. The van der Waals surface area contributed by atoms with Gasteiger partial charge in [-0.3, -0.25) is 4.79 Å².